The summed E-state index contributed by atoms with van der Waals surface area (Å²) in [6.07, 6.45) is 3.80. The monoisotopic (exact) mass is 139 g/mol. The van der Waals surface area contributed by atoms with E-state index < -0.39 is 0 Å². The Labute approximate surface area is 55.8 Å². The zero-order valence-electron chi connectivity index (χ0n) is 4.00. The summed E-state index contributed by atoms with van der Waals surface area (Å²) in [7, 11) is 0. The van der Waals surface area contributed by atoms with Crippen molar-refractivity contribution in [3.63, 3.8) is 0 Å². The third kappa shape index (κ3) is 10.7. The molecule has 0 radical (unpaired) electrons. The Morgan fingerprint density at radius 3 is 2.14 bits per heavy atom. The Morgan fingerprint density at radius 1 is 1.43 bits per heavy atom. The van der Waals surface area contributed by atoms with Crippen LogP contribution < -0.4 is 5.73 Å². The van der Waals surface area contributed by atoms with Crippen LogP contribution in [0.2, 0.25) is 0 Å². The van der Waals surface area contributed by atoms with Gasteiger partial charge in [0.1, 0.15) is 0 Å². The molecule has 0 amide bonds. The Bertz CT molecular complexity index is 41.0. The van der Waals surface area contributed by atoms with Gasteiger partial charge in [-0.05, 0) is 0 Å². The molecule has 0 unspecified atom stereocenters. The van der Waals surface area contributed by atoms with Crippen LogP contribution in [0.25, 0.3) is 0 Å². The van der Waals surface area contributed by atoms with Gasteiger partial charge in [0, 0.05) is 12.3 Å². The van der Waals surface area contributed by atoms with Gasteiger partial charge in [-0.15, -0.1) is 12.4 Å². The molecule has 1 nitrogen and oxygen atoms in total. The predicted molar refractivity (Wildman–Crippen MR) is 39.3 cm³/mol. The molecular weight excluding hydrogens is 130 g/mol. The highest BCUT2D eigenvalue weighted by Crippen LogP contribution is 1.72. The van der Waals surface area contributed by atoms with Crippen LogP contribution in [0.15, 0.2) is 12.2 Å². The van der Waals surface area contributed by atoms with Crippen molar-refractivity contribution in [3.8, 4) is 0 Å². The Balaban J connectivity index is 0. The Kier molecular flexibility index (Phi) is 14.2. The highest BCUT2D eigenvalue weighted by atomic mass is 35.5. The zero-order chi connectivity index (χ0) is 4.83. The number of hydrogen-bond acceptors (Lipinski definition) is 2. The molecule has 0 atom stereocenters. The second-order valence-corrected chi connectivity index (χ2v) is 1.25. The van der Waals surface area contributed by atoms with Crippen LogP contribution in [-0.4, -0.2) is 12.3 Å². The summed E-state index contributed by atoms with van der Waals surface area (Å²) in [5, 5.41) is 0. The van der Waals surface area contributed by atoms with Gasteiger partial charge in [0.05, 0.1) is 0 Å². The van der Waals surface area contributed by atoms with Crippen LogP contribution in [0.5, 0.6) is 0 Å². The fourth-order valence-corrected chi connectivity index (χ4v) is 0.320. The molecule has 0 heterocycles. The van der Waals surface area contributed by atoms with Gasteiger partial charge in [-0.25, -0.2) is 0 Å². The maximum absolute atomic E-state index is 5.09. The van der Waals surface area contributed by atoms with Crippen LogP contribution in [-0.2, 0) is 0 Å². The lowest BCUT2D eigenvalue weighted by Gasteiger charge is -1.73. The zero-order valence-corrected chi connectivity index (χ0v) is 5.71. The molecule has 0 aromatic heterocycles. The lowest BCUT2D eigenvalue weighted by atomic mass is 10.5. The van der Waals surface area contributed by atoms with Gasteiger partial charge in [0.15, 0.2) is 0 Å². The highest BCUT2D eigenvalue weighted by Gasteiger charge is 1.60. The van der Waals surface area contributed by atoms with Crippen LogP contribution in [0.1, 0.15) is 0 Å². The van der Waals surface area contributed by atoms with Gasteiger partial charge in [0.25, 0.3) is 0 Å². The van der Waals surface area contributed by atoms with Crippen LogP contribution in [0.4, 0.5) is 0 Å². The summed E-state index contributed by atoms with van der Waals surface area (Å²) in [4.78, 5) is 0. The van der Waals surface area contributed by atoms with Gasteiger partial charge < -0.3 is 5.73 Å². The molecule has 0 fully saturated rings. The van der Waals surface area contributed by atoms with Crippen molar-refractivity contribution in [2.75, 3.05) is 12.3 Å². The summed E-state index contributed by atoms with van der Waals surface area (Å²) in [6, 6.07) is 0. The van der Waals surface area contributed by atoms with Gasteiger partial charge in [-0.3, -0.25) is 0 Å². The molecule has 44 valence electrons. The largest absolute Gasteiger partial charge is 0.327 e. The van der Waals surface area contributed by atoms with Gasteiger partial charge in [0.2, 0.25) is 0 Å². The maximum atomic E-state index is 5.09. The van der Waals surface area contributed by atoms with Crippen LogP contribution in [0.3, 0.4) is 0 Å². The number of hydrogen-bond donors (Lipinski definition) is 2. The van der Waals surface area contributed by atoms with Gasteiger partial charge in [-0.1, -0.05) is 12.2 Å². The standard InChI is InChI=1S/C4H9NS.ClH/c5-3-1-2-4-6;/h1-2,6H,3-5H2;1H. The van der Waals surface area contributed by atoms with Gasteiger partial charge in [-0.2, -0.15) is 12.6 Å². The first-order valence-electron chi connectivity index (χ1n) is 1.87. The third-order valence-electron chi connectivity index (χ3n) is 0.408. The van der Waals surface area contributed by atoms with E-state index in [1.165, 1.54) is 0 Å². The Hall–Kier alpha value is 0.340. The van der Waals surface area contributed by atoms with Gasteiger partial charge >= 0.3 is 0 Å². The Morgan fingerprint density at radius 2 is 2.00 bits per heavy atom. The van der Waals surface area contributed by atoms with E-state index >= 15 is 0 Å². The molecule has 0 saturated carbocycles. The molecule has 0 rings (SSSR count). The van der Waals surface area contributed by atoms with E-state index in [-0.39, 0.29) is 12.4 Å². The lowest BCUT2D eigenvalue weighted by Crippen LogP contribution is -1.91. The van der Waals surface area contributed by atoms with Crippen molar-refractivity contribution in [2.45, 2.75) is 0 Å². The molecule has 2 N–H and O–H groups in total. The van der Waals surface area contributed by atoms with Crippen LogP contribution in [0, 0.1) is 0 Å². The number of thiol groups is 1. The SMILES string of the molecule is Cl.NCC=CCS. The van der Waals surface area contributed by atoms with E-state index in [9.17, 15) is 0 Å². The molecule has 0 spiro atoms. The van der Waals surface area contributed by atoms with Crippen molar-refractivity contribution in [3.05, 3.63) is 12.2 Å². The van der Waals surface area contributed by atoms with E-state index in [0.717, 1.165) is 5.75 Å². The normalized spacial score (nSPS) is 8.86. The molecule has 7 heavy (non-hydrogen) atoms. The molecular formula is C4H10ClNS. The average Bonchev–Trinajstić information content (AvgIpc) is 1.61. The highest BCUT2D eigenvalue weighted by molar-refractivity contribution is 7.80. The summed E-state index contributed by atoms with van der Waals surface area (Å²) in [5.41, 5.74) is 5.09. The smallest absolute Gasteiger partial charge is 0.0107 e. The molecule has 0 saturated heterocycles. The first kappa shape index (κ1) is 10.3. The van der Waals surface area contributed by atoms with E-state index in [1.807, 2.05) is 12.2 Å². The van der Waals surface area contributed by atoms with E-state index in [2.05, 4.69) is 12.6 Å². The predicted octanol–water partition coefficient (Wildman–Crippen LogP) is 0.853. The van der Waals surface area contributed by atoms with E-state index in [1.54, 1.807) is 0 Å². The van der Waals surface area contributed by atoms with Crippen molar-refractivity contribution < 1.29 is 0 Å². The average molecular weight is 140 g/mol. The second-order valence-electron chi connectivity index (χ2n) is 0.890. The molecule has 0 aliphatic rings. The molecule has 0 aliphatic carbocycles. The van der Waals surface area contributed by atoms with Crippen LogP contribution >= 0.6 is 25.0 Å². The number of nitrogens with two attached hydrogens (primary N) is 1. The molecule has 0 aliphatic heterocycles. The van der Waals surface area contributed by atoms with E-state index in [0.29, 0.717) is 6.54 Å². The summed E-state index contributed by atoms with van der Waals surface area (Å²) >= 11 is 3.91. The second kappa shape index (κ2) is 9.60. The first-order valence-corrected chi connectivity index (χ1v) is 2.51. The number of rotatable bonds is 2. The fraction of sp³-hybridized carbons (Fsp3) is 0.500. The summed E-state index contributed by atoms with van der Waals surface area (Å²) < 4.78 is 0. The topological polar surface area (TPSA) is 26.0 Å². The minimum absolute atomic E-state index is 0. The minimum atomic E-state index is 0. The van der Waals surface area contributed by atoms with E-state index in [4.69, 9.17) is 5.73 Å². The first-order chi connectivity index (χ1) is 2.91. The molecule has 0 aromatic rings. The molecule has 3 heteroatoms. The van der Waals surface area contributed by atoms with Crippen molar-refractivity contribution in [1.29, 1.82) is 0 Å². The quantitative estimate of drug-likeness (QED) is 0.431. The van der Waals surface area contributed by atoms with Crippen molar-refractivity contribution >= 4 is 25.0 Å². The van der Waals surface area contributed by atoms with Crippen molar-refractivity contribution in [1.82, 2.24) is 0 Å². The molecule has 0 bridgehead atoms. The fourth-order valence-electron chi connectivity index (χ4n) is 0.171. The third-order valence-corrected chi connectivity index (χ3v) is 0.619. The summed E-state index contributed by atoms with van der Waals surface area (Å²) in [6.45, 7) is 0.626. The molecule has 0 aromatic carbocycles. The van der Waals surface area contributed by atoms with Crippen molar-refractivity contribution in [2.24, 2.45) is 5.73 Å². The maximum Gasteiger partial charge on any atom is 0.0107 e. The number of halogens is 1. The lowest BCUT2D eigenvalue weighted by molar-refractivity contribution is 1.25. The summed E-state index contributed by atoms with van der Waals surface area (Å²) in [5.74, 6) is 0.789. The minimum Gasteiger partial charge on any atom is -0.327 e.